The van der Waals surface area contributed by atoms with Crippen LogP contribution in [-0.4, -0.2) is 13.8 Å². The van der Waals surface area contributed by atoms with Crippen LogP contribution in [0, 0.1) is 0 Å². The van der Waals surface area contributed by atoms with Gasteiger partial charge in [-0.1, -0.05) is 19.2 Å². The van der Waals surface area contributed by atoms with Gasteiger partial charge in [0.25, 0.3) is 0 Å². The molecule has 0 nitrogen and oxygen atoms in total. The number of hydrogen-bond acceptors (Lipinski definition) is 0. The number of hydrogen-bond donors (Lipinski definition) is 0. The molecule has 0 heterocycles. The minimum absolute atomic E-state index is 0.486. The molecule has 0 amide bonds. The van der Waals surface area contributed by atoms with Crippen LogP contribution in [0.1, 0.15) is 19.3 Å². The third-order valence-electron chi connectivity index (χ3n) is 1.61. The Bertz CT molecular complexity index is 91.3. The summed E-state index contributed by atoms with van der Waals surface area (Å²) >= 11 is 6.08. The summed E-state index contributed by atoms with van der Waals surface area (Å²) in [4.78, 5) is 0. The van der Waals surface area contributed by atoms with Crippen LogP contribution in [0.25, 0.3) is 0 Å². The largest absolute Gasteiger partial charge is 0.127 e. The predicted molar refractivity (Wildman–Crippen MR) is 52.6 cm³/mol. The molecule has 0 aromatic heterocycles. The molecule has 0 aliphatic rings. The second-order valence-corrected chi connectivity index (χ2v) is 7.26. The molecule has 1 unspecified atom stereocenters. The Morgan fingerprint density at radius 2 is 2.20 bits per heavy atom. The van der Waals surface area contributed by atoms with Crippen molar-refractivity contribution in [3.8, 4) is 0 Å². The van der Waals surface area contributed by atoms with Crippen molar-refractivity contribution in [1.29, 1.82) is 0 Å². The van der Waals surface area contributed by atoms with Crippen LogP contribution >= 0.6 is 11.6 Å². The molecule has 1 atom stereocenters. The summed E-state index contributed by atoms with van der Waals surface area (Å²) in [6, 6.07) is 0. The first-order valence-electron chi connectivity index (χ1n) is 3.93. The number of rotatable bonds is 5. The SMILES string of the molecule is C=CCCCC(Cl)[SiH](C)C. The van der Waals surface area contributed by atoms with Crippen LogP contribution in [0.2, 0.25) is 13.1 Å². The van der Waals surface area contributed by atoms with E-state index in [9.17, 15) is 0 Å². The first kappa shape index (κ1) is 10.2. The molecule has 0 N–H and O–H groups in total. The molecule has 0 aliphatic heterocycles. The molecular weight excluding hydrogens is 160 g/mol. The van der Waals surface area contributed by atoms with Crippen molar-refractivity contribution < 1.29 is 0 Å². The van der Waals surface area contributed by atoms with Crippen molar-refractivity contribution in [2.45, 2.75) is 37.4 Å². The molecule has 10 heavy (non-hydrogen) atoms. The van der Waals surface area contributed by atoms with Gasteiger partial charge in [-0.25, -0.2) is 0 Å². The Morgan fingerprint density at radius 3 is 2.60 bits per heavy atom. The van der Waals surface area contributed by atoms with E-state index in [2.05, 4.69) is 19.7 Å². The molecule has 0 spiro atoms. The lowest BCUT2D eigenvalue weighted by Gasteiger charge is -2.10. The summed E-state index contributed by atoms with van der Waals surface area (Å²) in [5.41, 5.74) is 0. The van der Waals surface area contributed by atoms with E-state index < -0.39 is 8.80 Å². The Hall–Kier alpha value is 0.247. The molecule has 0 rings (SSSR count). The normalized spacial score (nSPS) is 13.6. The molecule has 60 valence electrons. The summed E-state index contributed by atoms with van der Waals surface area (Å²) in [6.45, 7) is 8.27. The van der Waals surface area contributed by atoms with Gasteiger partial charge < -0.3 is 0 Å². The van der Waals surface area contributed by atoms with Crippen molar-refractivity contribution in [3.63, 3.8) is 0 Å². The molecule has 0 radical (unpaired) electrons. The first-order valence-corrected chi connectivity index (χ1v) is 7.34. The Labute approximate surface area is 70.9 Å². The van der Waals surface area contributed by atoms with E-state index in [-0.39, 0.29) is 0 Å². The first-order chi connectivity index (χ1) is 4.68. The second-order valence-electron chi connectivity index (χ2n) is 2.98. The van der Waals surface area contributed by atoms with Gasteiger partial charge in [0, 0.05) is 5.00 Å². The summed E-state index contributed by atoms with van der Waals surface area (Å²) < 4.78 is 0. The summed E-state index contributed by atoms with van der Waals surface area (Å²) in [5.74, 6) is 0. The van der Waals surface area contributed by atoms with Gasteiger partial charge in [0.2, 0.25) is 0 Å². The minimum Gasteiger partial charge on any atom is -0.127 e. The third kappa shape index (κ3) is 5.07. The average Bonchev–Trinajstić information content (AvgIpc) is 1.88. The maximum Gasteiger partial charge on any atom is 0.0518 e. The quantitative estimate of drug-likeness (QED) is 0.262. The highest BCUT2D eigenvalue weighted by molar-refractivity contribution is 6.67. The van der Waals surface area contributed by atoms with Gasteiger partial charge in [-0.05, 0) is 19.3 Å². The average molecular weight is 177 g/mol. The zero-order valence-electron chi connectivity index (χ0n) is 6.94. The summed E-state index contributed by atoms with van der Waals surface area (Å²) in [5, 5.41) is 0.486. The highest BCUT2D eigenvalue weighted by atomic mass is 35.5. The third-order valence-corrected chi connectivity index (χ3v) is 5.12. The van der Waals surface area contributed by atoms with Crippen molar-refractivity contribution in [3.05, 3.63) is 12.7 Å². The Kier molecular flexibility index (Phi) is 6.14. The lowest BCUT2D eigenvalue weighted by Crippen LogP contribution is -2.17. The number of allylic oxidation sites excluding steroid dienone is 1. The zero-order valence-corrected chi connectivity index (χ0v) is 8.85. The van der Waals surface area contributed by atoms with Crippen LogP contribution in [0.3, 0.4) is 0 Å². The molecule has 2 heteroatoms. The van der Waals surface area contributed by atoms with Crippen LogP contribution in [0.5, 0.6) is 0 Å². The van der Waals surface area contributed by atoms with Crippen molar-refractivity contribution in [2.24, 2.45) is 0 Å². The van der Waals surface area contributed by atoms with E-state index >= 15 is 0 Å². The fraction of sp³-hybridized carbons (Fsp3) is 0.750. The van der Waals surface area contributed by atoms with Gasteiger partial charge in [-0.15, -0.1) is 18.2 Å². The summed E-state index contributed by atoms with van der Waals surface area (Å²) in [6.07, 6.45) is 5.47. The van der Waals surface area contributed by atoms with Gasteiger partial charge >= 0.3 is 0 Å². The molecule has 0 bridgehead atoms. The number of unbranched alkanes of at least 4 members (excludes halogenated alkanes) is 1. The lowest BCUT2D eigenvalue weighted by atomic mass is 10.2. The summed E-state index contributed by atoms with van der Waals surface area (Å²) in [7, 11) is -0.576. The van der Waals surface area contributed by atoms with Gasteiger partial charge in [0.15, 0.2) is 0 Å². The van der Waals surface area contributed by atoms with Gasteiger partial charge in [0.05, 0.1) is 8.80 Å². The van der Waals surface area contributed by atoms with Crippen molar-refractivity contribution in [1.82, 2.24) is 0 Å². The predicted octanol–water partition coefficient (Wildman–Crippen LogP) is 2.98. The number of alkyl halides is 1. The topological polar surface area (TPSA) is 0 Å². The molecule has 0 saturated heterocycles. The van der Waals surface area contributed by atoms with E-state index in [1.807, 2.05) is 6.08 Å². The van der Waals surface area contributed by atoms with E-state index in [0.717, 1.165) is 6.42 Å². The Balaban J connectivity index is 3.21. The molecule has 0 aromatic carbocycles. The fourth-order valence-corrected chi connectivity index (χ4v) is 1.85. The molecule has 0 fully saturated rings. The van der Waals surface area contributed by atoms with Gasteiger partial charge in [0.1, 0.15) is 0 Å². The molecular formula is C8H17ClSi. The van der Waals surface area contributed by atoms with Crippen LogP contribution in [0.4, 0.5) is 0 Å². The maximum absolute atomic E-state index is 6.08. The fourth-order valence-electron chi connectivity index (χ4n) is 0.791. The molecule has 0 aliphatic carbocycles. The van der Waals surface area contributed by atoms with Gasteiger partial charge in [-0.3, -0.25) is 0 Å². The van der Waals surface area contributed by atoms with E-state index in [4.69, 9.17) is 11.6 Å². The number of halogens is 1. The zero-order chi connectivity index (χ0) is 7.98. The second kappa shape index (κ2) is 5.99. The van der Waals surface area contributed by atoms with E-state index in [1.54, 1.807) is 0 Å². The highest BCUT2D eigenvalue weighted by Crippen LogP contribution is 2.10. The minimum atomic E-state index is -0.576. The smallest absolute Gasteiger partial charge is 0.0518 e. The van der Waals surface area contributed by atoms with Crippen molar-refractivity contribution in [2.75, 3.05) is 0 Å². The van der Waals surface area contributed by atoms with Crippen LogP contribution < -0.4 is 0 Å². The molecule has 0 aromatic rings. The maximum atomic E-state index is 6.08. The molecule has 0 saturated carbocycles. The lowest BCUT2D eigenvalue weighted by molar-refractivity contribution is 0.789. The van der Waals surface area contributed by atoms with E-state index in [1.165, 1.54) is 12.8 Å². The highest BCUT2D eigenvalue weighted by Gasteiger charge is 2.08. The van der Waals surface area contributed by atoms with Crippen molar-refractivity contribution >= 4 is 20.4 Å². The Morgan fingerprint density at radius 1 is 1.60 bits per heavy atom. The van der Waals surface area contributed by atoms with Gasteiger partial charge in [-0.2, -0.15) is 0 Å². The standard InChI is InChI=1S/C8H17ClSi/c1-4-5-6-7-8(9)10(2)3/h4,8,10H,1,5-7H2,2-3H3. The monoisotopic (exact) mass is 176 g/mol. The van der Waals surface area contributed by atoms with Crippen LogP contribution in [-0.2, 0) is 0 Å². The van der Waals surface area contributed by atoms with Crippen LogP contribution in [0.15, 0.2) is 12.7 Å². The van der Waals surface area contributed by atoms with E-state index in [0.29, 0.717) is 5.00 Å².